The Balaban J connectivity index is 1.83. The van der Waals surface area contributed by atoms with Crippen molar-refractivity contribution in [1.29, 1.82) is 0 Å². The van der Waals surface area contributed by atoms with Gasteiger partial charge in [0.1, 0.15) is 11.0 Å². The largest absolute Gasteiger partial charge is 0.416 e. The van der Waals surface area contributed by atoms with Crippen LogP contribution in [0.2, 0.25) is 0 Å². The lowest BCUT2D eigenvalue weighted by Crippen LogP contribution is -2.50. The van der Waals surface area contributed by atoms with Crippen LogP contribution < -0.4 is 0 Å². The van der Waals surface area contributed by atoms with Gasteiger partial charge in [0.25, 0.3) is 0 Å². The summed E-state index contributed by atoms with van der Waals surface area (Å²) in [6, 6.07) is 4.66. The van der Waals surface area contributed by atoms with Crippen LogP contribution in [0.1, 0.15) is 31.2 Å². The zero-order valence-electron chi connectivity index (χ0n) is 14.2. The molecule has 0 aromatic heterocycles. The van der Waals surface area contributed by atoms with E-state index in [4.69, 9.17) is 0 Å². The van der Waals surface area contributed by atoms with Crippen molar-refractivity contribution in [2.45, 2.75) is 48.8 Å². The Morgan fingerprint density at radius 1 is 1.27 bits per heavy atom. The maximum absolute atomic E-state index is 13.1. The Bertz CT molecular complexity index is 719. The molecule has 1 amide bonds. The maximum atomic E-state index is 13.1. The summed E-state index contributed by atoms with van der Waals surface area (Å²) in [7, 11) is -1.69. The van der Waals surface area contributed by atoms with Crippen LogP contribution >= 0.6 is 0 Å². The number of alkyl halides is 3. The van der Waals surface area contributed by atoms with Crippen molar-refractivity contribution in [2.24, 2.45) is 0 Å². The van der Waals surface area contributed by atoms with Crippen molar-refractivity contribution in [1.82, 2.24) is 9.21 Å². The van der Waals surface area contributed by atoms with Crippen molar-refractivity contribution in [2.75, 3.05) is 13.1 Å². The first-order chi connectivity index (χ1) is 12.3. The number of carbonyl (C=O) groups excluding carboxylic acids is 1. The lowest BCUT2D eigenvalue weighted by atomic mass is 10.1. The molecule has 8 heteroatoms. The molecule has 1 aliphatic heterocycles. The lowest BCUT2D eigenvalue weighted by Gasteiger charge is -2.38. The van der Waals surface area contributed by atoms with Gasteiger partial charge in [0.2, 0.25) is 5.91 Å². The zero-order valence-corrected chi connectivity index (χ0v) is 15.1. The molecule has 1 saturated carbocycles. The van der Waals surface area contributed by atoms with Gasteiger partial charge in [0.15, 0.2) is 0 Å². The third-order valence-electron chi connectivity index (χ3n) is 4.70. The summed E-state index contributed by atoms with van der Waals surface area (Å²) < 4.78 is 53.8. The minimum absolute atomic E-state index is 0.0918. The summed E-state index contributed by atoms with van der Waals surface area (Å²) in [5.74, 6) is -0.171. The highest BCUT2D eigenvalue weighted by molar-refractivity contribution is 7.82. The SMILES string of the molecule is C=CC(=O)N1CCCC(N(C2CC2)S(=O)c2cccc(C(F)(F)F)c2)C1. The normalized spacial score (nSPS) is 22.3. The van der Waals surface area contributed by atoms with Crippen LogP contribution in [0.5, 0.6) is 0 Å². The Kier molecular flexibility index (Phi) is 5.53. The minimum atomic E-state index is -4.47. The molecular formula is C18H21F3N2O2S. The van der Waals surface area contributed by atoms with Gasteiger partial charge in [-0.3, -0.25) is 4.79 Å². The summed E-state index contributed by atoms with van der Waals surface area (Å²) in [6.45, 7) is 4.54. The van der Waals surface area contributed by atoms with Crippen molar-refractivity contribution in [3.63, 3.8) is 0 Å². The number of carbonyl (C=O) groups is 1. The van der Waals surface area contributed by atoms with Gasteiger partial charge >= 0.3 is 6.18 Å². The molecule has 1 aromatic carbocycles. The third kappa shape index (κ3) is 4.17. The second kappa shape index (κ2) is 7.52. The quantitative estimate of drug-likeness (QED) is 0.728. The first-order valence-corrected chi connectivity index (χ1v) is 9.70. The van der Waals surface area contributed by atoms with E-state index < -0.39 is 22.7 Å². The number of piperidine rings is 1. The lowest BCUT2D eigenvalue weighted by molar-refractivity contribution is -0.137. The number of benzene rings is 1. The van der Waals surface area contributed by atoms with E-state index >= 15 is 0 Å². The van der Waals surface area contributed by atoms with E-state index in [1.54, 1.807) is 9.21 Å². The molecule has 1 aliphatic carbocycles. The number of rotatable bonds is 5. The molecule has 2 unspecified atom stereocenters. The van der Waals surface area contributed by atoms with Gasteiger partial charge in [-0.1, -0.05) is 12.6 Å². The smallest absolute Gasteiger partial charge is 0.338 e. The molecule has 0 spiro atoms. The van der Waals surface area contributed by atoms with Gasteiger partial charge < -0.3 is 4.90 Å². The second-order valence-electron chi connectivity index (χ2n) is 6.65. The van der Waals surface area contributed by atoms with Crippen molar-refractivity contribution in [3.8, 4) is 0 Å². The molecule has 0 bridgehead atoms. The van der Waals surface area contributed by atoms with Gasteiger partial charge in [-0.15, -0.1) is 0 Å². The predicted octanol–water partition coefficient (Wildman–Crippen LogP) is 3.37. The Morgan fingerprint density at radius 2 is 2.00 bits per heavy atom. The van der Waals surface area contributed by atoms with Crippen LogP contribution in [-0.2, 0) is 22.0 Å². The Morgan fingerprint density at radius 3 is 2.62 bits per heavy atom. The molecule has 1 heterocycles. The van der Waals surface area contributed by atoms with Crippen LogP contribution in [0.3, 0.4) is 0 Å². The van der Waals surface area contributed by atoms with E-state index in [0.29, 0.717) is 13.1 Å². The monoisotopic (exact) mass is 386 g/mol. The summed E-state index contributed by atoms with van der Waals surface area (Å²) in [4.78, 5) is 13.7. The third-order valence-corrected chi connectivity index (χ3v) is 6.34. The highest BCUT2D eigenvalue weighted by Crippen LogP contribution is 2.36. The molecule has 4 nitrogen and oxygen atoms in total. The van der Waals surface area contributed by atoms with Crippen molar-refractivity contribution in [3.05, 3.63) is 42.5 Å². The molecule has 1 aromatic rings. The average Bonchev–Trinajstić information content (AvgIpc) is 3.45. The van der Waals surface area contributed by atoms with Gasteiger partial charge in [0, 0.05) is 25.2 Å². The zero-order chi connectivity index (χ0) is 18.9. The van der Waals surface area contributed by atoms with E-state index in [0.717, 1.165) is 37.8 Å². The van der Waals surface area contributed by atoms with Gasteiger partial charge in [0.05, 0.1) is 10.5 Å². The first-order valence-electron chi connectivity index (χ1n) is 8.60. The van der Waals surface area contributed by atoms with Crippen LogP contribution in [0.25, 0.3) is 0 Å². The molecule has 0 radical (unpaired) electrons. The number of halogens is 3. The minimum Gasteiger partial charge on any atom is -0.338 e. The fourth-order valence-corrected chi connectivity index (χ4v) is 4.88. The Labute approximate surface area is 153 Å². The first kappa shape index (κ1) is 19.1. The molecule has 3 rings (SSSR count). The van der Waals surface area contributed by atoms with Gasteiger partial charge in [-0.25, -0.2) is 8.51 Å². The maximum Gasteiger partial charge on any atom is 0.416 e. The van der Waals surface area contributed by atoms with Crippen LogP contribution in [0, 0.1) is 0 Å². The van der Waals surface area contributed by atoms with Crippen molar-refractivity contribution < 1.29 is 22.2 Å². The summed E-state index contributed by atoms with van der Waals surface area (Å²) in [6.07, 6.45) is 0.0683. The van der Waals surface area contributed by atoms with E-state index in [9.17, 15) is 22.2 Å². The molecule has 2 fully saturated rings. The summed E-state index contributed by atoms with van der Waals surface area (Å²) in [5.41, 5.74) is -0.800. The van der Waals surface area contributed by atoms with Crippen LogP contribution in [0.4, 0.5) is 13.2 Å². The van der Waals surface area contributed by atoms with E-state index in [-0.39, 0.29) is 22.9 Å². The fraction of sp³-hybridized carbons (Fsp3) is 0.500. The Hall–Kier alpha value is -1.67. The van der Waals surface area contributed by atoms with Gasteiger partial charge in [-0.05, 0) is 50.0 Å². The van der Waals surface area contributed by atoms with E-state index in [1.165, 1.54) is 18.2 Å². The number of hydrogen-bond donors (Lipinski definition) is 0. The van der Waals surface area contributed by atoms with E-state index in [2.05, 4.69) is 6.58 Å². The summed E-state index contributed by atoms with van der Waals surface area (Å²) >= 11 is 0. The highest BCUT2D eigenvalue weighted by Gasteiger charge is 2.41. The molecule has 2 aliphatic rings. The molecule has 2 atom stereocenters. The molecule has 142 valence electrons. The average molecular weight is 386 g/mol. The highest BCUT2D eigenvalue weighted by atomic mass is 32.2. The standard InChI is InChI=1S/C18H21F3N2O2S/c1-2-17(24)22-10-4-6-15(12-22)23(14-8-9-14)26(25)16-7-3-5-13(11-16)18(19,20)21/h2-3,5,7,11,14-15H,1,4,6,8-10,12H2. The van der Waals surface area contributed by atoms with E-state index in [1.807, 2.05) is 0 Å². The molecular weight excluding hydrogens is 365 g/mol. The van der Waals surface area contributed by atoms with Gasteiger partial charge in [-0.2, -0.15) is 13.2 Å². The molecule has 1 saturated heterocycles. The number of likely N-dealkylation sites (tertiary alicyclic amines) is 1. The fourth-order valence-electron chi connectivity index (χ4n) is 3.29. The molecule has 0 N–H and O–H groups in total. The second-order valence-corrected chi connectivity index (χ2v) is 8.04. The topological polar surface area (TPSA) is 40.6 Å². The number of nitrogens with zero attached hydrogens (tertiary/aromatic N) is 2. The summed E-state index contributed by atoms with van der Waals surface area (Å²) in [5, 5.41) is 0. The van der Waals surface area contributed by atoms with Crippen LogP contribution in [-0.4, -0.2) is 44.5 Å². The number of hydrogen-bond acceptors (Lipinski definition) is 2. The van der Waals surface area contributed by atoms with Crippen molar-refractivity contribution >= 4 is 16.9 Å². The number of amides is 1. The van der Waals surface area contributed by atoms with Crippen LogP contribution in [0.15, 0.2) is 41.8 Å². The predicted molar refractivity (Wildman–Crippen MR) is 92.5 cm³/mol. The molecule has 26 heavy (non-hydrogen) atoms.